The van der Waals surface area contributed by atoms with E-state index in [0.29, 0.717) is 24.8 Å². The van der Waals surface area contributed by atoms with Crippen molar-refractivity contribution in [2.75, 3.05) is 27.3 Å². The molecule has 1 saturated heterocycles. The van der Waals surface area contributed by atoms with Crippen molar-refractivity contribution < 1.29 is 22.7 Å². The average molecular weight is 433 g/mol. The van der Waals surface area contributed by atoms with Crippen LogP contribution in [-0.2, 0) is 16.4 Å². The Labute approximate surface area is 177 Å². The third-order valence-corrected chi connectivity index (χ3v) is 6.54. The van der Waals surface area contributed by atoms with E-state index in [4.69, 9.17) is 14.6 Å². The number of amides is 1. The number of nitrogens with zero attached hydrogens (tertiary/aromatic N) is 1. The van der Waals surface area contributed by atoms with Crippen LogP contribution in [0.5, 0.6) is 11.5 Å². The molecule has 1 amide bonds. The Balaban J connectivity index is 1.59. The lowest BCUT2D eigenvalue weighted by Crippen LogP contribution is -2.38. The monoisotopic (exact) mass is 432 g/mol. The van der Waals surface area contributed by atoms with Crippen molar-refractivity contribution in [2.24, 2.45) is 11.1 Å². The zero-order chi connectivity index (χ0) is 21.7. The third kappa shape index (κ3) is 5.31. The van der Waals surface area contributed by atoms with Gasteiger partial charge in [0.05, 0.1) is 24.7 Å². The lowest BCUT2D eigenvalue weighted by molar-refractivity contribution is 0.0683. The topological polar surface area (TPSA) is 98.9 Å². The van der Waals surface area contributed by atoms with E-state index >= 15 is 0 Å². The molecular weight excluding hydrogens is 404 g/mol. The molecule has 1 aliphatic rings. The molecule has 30 heavy (non-hydrogen) atoms. The summed E-state index contributed by atoms with van der Waals surface area (Å²) >= 11 is 0. The van der Waals surface area contributed by atoms with Gasteiger partial charge < -0.3 is 14.4 Å². The summed E-state index contributed by atoms with van der Waals surface area (Å²) in [6.07, 6.45) is 3.89. The standard InChI is InChI=1S/C22H28N2O5S/c1-28-18-7-5-16(6-8-18)3-4-17-11-13-24(14-12-17)22(25)20-15-19(30(23,26)27)9-10-21(20)29-2/h5-10,15,17H,3-4,11-14H2,1-2H3,(H2,23,26,27). The van der Waals surface area contributed by atoms with Gasteiger partial charge in [0.1, 0.15) is 11.5 Å². The lowest BCUT2D eigenvalue weighted by Gasteiger charge is -2.32. The van der Waals surface area contributed by atoms with E-state index in [9.17, 15) is 13.2 Å². The Kier molecular flexibility index (Phi) is 6.99. The zero-order valence-corrected chi connectivity index (χ0v) is 18.2. The van der Waals surface area contributed by atoms with Crippen LogP contribution in [0, 0.1) is 5.92 Å². The molecule has 2 aromatic rings. The van der Waals surface area contributed by atoms with Crippen molar-refractivity contribution >= 4 is 15.9 Å². The van der Waals surface area contributed by atoms with Crippen molar-refractivity contribution in [1.29, 1.82) is 0 Å². The van der Waals surface area contributed by atoms with Crippen molar-refractivity contribution in [3.05, 3.63) is 53.6 Å². The molecular formula is C22H28N2O5S. The molecule has 3 rings (SSSR count). The van der Waals surface area contributed by atoms with Crippen LogP contribution in [0.15, 0.2) is 47.4 Å². The number of aryl methyl sites for hydroxylation is 1. The Morgan fingerprint density at radius 3 is 2.30 bits per heavy atom. The number of hydrogen-bond acceptors (Lipinski definition) is 5. The van der Waals surface area contributed by atoms with E-state index in [-0.39, 0.29) is 16.4 Å². The summed E-state index contributed by atoms with van der Waals surface area (Å²) in [5.41, 5.74) is 1.50. The molecule has 1 heterocycles. The maximum Gasteiger partial charge on any atom is 0.257 e. The van der Waals surface area contributed by atoms with Crippen LogP contribution < -0.4 is 14.6 Å². The minimum absolute atomic E-state index is 0.0963. The summed E-state index contributed by atoms with van der Waals surface area (Å²) in [5, 5.41) is 5.21. The van der Waals surface area contributed by atoms with Crippen LogP contribution in [0.2, 0.25) is 0 Å². The number of nitrogens with two attached hydrogens (primary N) is 1. The first-order chi connectivity index (χ1) is 14.3. The molecule has 2 aromatic carbocycles. The second-order valence-corrected chi connectivity index (χ2v) is 9.09. The molecule has 8 heteroatoms. The molecule has 7 nitrogen and oxygen atoms in total. The van der Waals surface area contributed by atoms with Gasteiger partial charge in [-0.1, -0.05) is 12.1 Å². The number of rotatable bonds is 7. The summed E-state index contributed by atoms with van der Waals surface area (Å²) < 4.78 is 33.8. The molecule has 162 valence electrons. The van der Waals surface area contributed by atoms with Crippen molar-refractivity contribution in [3.8, 4) is 11.5 Å². The first-order valence-corrected chi connectivity index (χ1v) is 11.5. The van der Waals surface area contributed by atoms with E-state index in [2.05, 4.69) is 12.1 Å². The zero-order valence-electron chi connectivity index (χ0n) is 17.3. The van der Waals surface area contributed by atoms with E-state index in [1.54, 1.807) is 12.0 Å². The molecule has 0 bridgehead atoms. The Morgan fingerprint density at radius 2 is 1.73 bits per heavy atom. The van der Waals surface area contributed by atoms with Gasteiger partial charge in [0, 0.05) is 13.1 Å². The summed E-state index contributed by atoms with van der Waals surface area (Å²) in [6, 6.07) is 12.2. The molecule has 1 fully saturated rings. The Bertz CT molecular complexity index is 981. The molecule has 0 aromatic heterocycles. The molecule has 1 aliphatic heterocycles. The maximum absolute atomic E-state index is 13.0. The predicted molar refractivity (Wildman–Crippen MR) is 114 cm³/mol. The smallest absolute Gasteiger partial charge is 0.257 e. The van der Waals surface area contributed by atoms with E-state index in [1.165, 1.54) is 30.9 Å². The number of likely N-dealkylation sites (tertiary alicyclic amines) is 1. The fourth-order valence-corrected chi connectivity index (χ4v) is 4.33. The van der Waals surface area contributed by atoms with E-state index < -0.39 is 10.0 Å². The average Bonchev–Trinajstić information content (AvgIpc) is 2.76. The number of carbonyl (C=O) groups excluding carboxylic acids is 1. The number of primary sulfonamides is 1. The van der Waals surface area contributed by atoms with Gasteiger partial charge in [0.15, 0.2) is 0 Å². The second kappa shape index (κ2) is 9.49. The van der Waals surface area contributed by atoms with Gasteiger partial charge in [-0.15, -0.1) is 0 Å². The van der Waals surface area contributed by atoms with Crippen LogP contribution in [-0.4, -0.2) is 46.5 Å². The fraction of sp³-hybridized carbons (Fsp3) is 0.409. The van der Waals surface area contributed by atoms with Crippen LogP contribution >= 0.6 is 0 Å². The fourth-order valence-electron chi connectivity index (χ4n) is 3.79. The number of ether oxygens (including phenoxy) is 2. The summed E-state index contributed by atoms with van der Waals surface area (Å²) in [6.45, 7) is 1.27. The van der Waals surface area contributed by atoms with Crippen LogP contribution in [0.25, 0.3) is 0 Å². The summed E-state index contributed by atoms with van der Waals surface area (Å²) in [4.78, 5) is 14.7. The number of carbonyl (C=O) groups is 1. The number of sulfonamides is 1. The predicted octanol–water partition coefficient (Wildman–Crippen LogP) is 2.84. The second-order valence-electron chi connectivity index (χ2n) is 7.53. The first kappa shape index (κ1) is 22.1. The van der Waals surface area contributed by atoms with E-state index in [0.717, 1.165) is 31.4 Å². The number of benzene rings is 2. The van der Waals surface area contributed by atoms with Crippen molar-refractivity contribution in [2.45, 2.75) is 30.6 Å². The maximum atomic E-state index is 13.0. The molecule has 0 saturated carbocycles. The summed E-state index contributed by atoms with van der Waals surface area (Å²) in [5.74, 6) is 1.52. The van der Waals surface area contributed by atoms with Crippen LogP contribution in [0.3, 0.4) is 0 Å². The SMILES string of the molecule is COc1ccc(CCC2CCN(C(=O)c3cc(S(N)(=O)=O)ccc3OC)CC2)cc1. The molecule has 0 atom stereocenters. The largest absolute Gasteiger partial charge is 0.497 e. The summed E-state index contributed by atoms with van der Waals surface area (Å²) in [7, 11) is -0.786. The van der Waals surface area contributed by atoms with E-state index in [1.807, 2.05) is 12.1 Å². The Morgan fingerprint density at radius 1 is 1.07 bits per heavy atom. The first-order valence-electron chi connectivity index (χ1n) is 9.95. The highest BCUT2D eigenvalue weighted by atomic mass is 32.2. The number of hydrogen-bond donors (Lipinski definition) is 1. The molecule has 0 aliphatic carbocycles. The quantitative estimate of drug-likeness (QED) is 0.725. The molecule has 2 N–H and O–H groups in total. The van der Waals surface area contributed by atoms with Crippen molar-refractivity contribution in [3.63, 3.8) is 0 Å². The highest BCUT2D eigenvalue weighted by Gasteiger charge is 2.26. The van der Waals surface area contributed by atoms with Gasteiger partial charge in [-0.05, 0) is 67.5 Å². The van der Waals surface area contributed by atoms with Crippen molar-refractivity contribution in [1.82, 2.24) is 4.90 Å². The highest BCUT2D eigenvalue weighted by Crippen LogP contribution is 2.28. The van der Waals surface area contributed by atoms with Gasteiger partial charge in [-0.2, -0.15) is 0 Å². The third-order valence-electron chi connectivity index (χ3n) is 5.63. The van der Waals surface area contributed by atoms with Gasteiger partial charge in [-0.3, -0.25) is 4.79 Å². The van der Waals surface area contributed by atoms with Gasteiger partial charge in [-0.25, -0.2) is 13.6 Å². The molecule has 0 unspecified atom stereocenters. The Hall–Kier alpha value is -2.58. The van der Waals surface area contributed by atoms with Gasteiger partial charge >= 0.3 is 0 Å². The minimum atomic E-state index is -3.90. The minimum Gasteiger partial charge on any atom is -0.497 e. The number of methoxy groups -OCH3 is 2. The molecule has 0 spiro atoms. The highest BCUT2D eigenvalue weighted by molar-refractivity contribution is 7.89. The van der Waals surface area contributed by atoms with Gasteiger partial charge in [0.2, 0.25) is 10.0 Å². The number of piperidine rings is 1. The normalized spacial score (nSPS) is 15.1. The van der Waals surface area contributed by atoms with Crippen LogP contribution in [0.1, 0.15) is 35.2 Å². The molecule has 0 radical (unpaired) electrons. The lowest BCUT2D eigenvalue weighted by atomic mass is 9.90. The van der Waals surface area contributed by atoms with Crippen LogP contribution in [0.4, 0.5) is 0 Å². The van der Waals surface area contributed by atoms with Gasteiger partial charge in [0.25, 0.3) is 5.91 Å².